The fourth-order valence-corrected chi connectivity index (χ4v) is 10.9. The van der Waals surface area contributed by atoms with E-state index in [9.17, 15) is 0 Å². The van der Waals surface area contributed by atoms with E-state index in [2.05, 4.69) is 205 Å². The molecule has 0 saturated heterocycles. The molecule has 0 saturated carbocycles. The molecule has 3 heteroatoms. The number of rotatable bonds is 6. The Balaban J connectivity index is 0.979. The number of benzene rings is 9. The van der Waals surface area contributed by atoms with Crippen LogP contribution in [-0.2, 0) is 5.41 Å². The molecule has 272 valence electrons. The molecular weight excluding hydrogens is 723 g/mol. The van der Waals surface area contributed by atoms with Gasteiger partial charge in [-0.1, -0.05) is 152 Å². The fourth-order valence-electron chi connectivity index (χ4n) is 9.64. The lowest BCUT2D eigenvalue weighted by Crippen LogP contribution is -2.28. The minimum Gasteiger partial charge on any atom is -0.456 e. The average Bonchev–Trinajstić information content (AvgIpc) is 3.95. The van der Waals surface area contributed by atoms with Gasteiger partial charge in [-0.25, -0.2) is 0 Å². The maximum Gasteiger partial charge on any atom is 0.137 e. The molecule has 0 N–H and O–H groups in total. The van der Waals surface area contributed by atoms with Crippen molar-refractivity contribution in [3.05, 3.63) is 235 Å². The van der Waals surface area contributed by atoms with Crippen molar-refractivity contribution in [1.29, 1.82) is 0 Å². The van der Waals surface area contributed by atoms with Gasteiger partial charge in [0.1, 0.15) is 11.2 Å². The van der Waals surface area contributed by atoms with Crippen LogP contribution in [0.5, 0.6) is 0 Å². The zero-order valence-corrected chi connectivity index (χ0v) is 32.3. The molecule has 0 aliphatic heterocycles. The molecule has 2 heterocycles. The molecule has 0 spiro atoms. The molecule has 2 nitrogen and oxygen atoms in total. The third-order valence-electron chi connectivity index (χ3n) is 12.2. The number of hydrogen-bond donors (Lipinski definition) is 0. The highest BCUT2D eigenvalue weighted by molar-refractivity contribution is 7.26. The molecule has 0 radical (unpaired) electrons. The molecule has 2 aromatic heterocycles. The van der Waals surface area contributed by atoms with Gasteiger partial charge in [0.15, 0.2) is 0 Å². The number of thiophene rings is 1. The van der Waals surface area contributed by atoms with E-state index in [-0.39, 0.29) is 0 Å². The molecule has 0 bridgehead atoms. The van der Waals surface area contributed by atoms with Gasteiger partial charge < -0.3 is 9.32 Å². The summed E-state index contributed by atoms with van der Waals surface area (Å²) in [4.78, 5) is 2.31. The quantitative estimate of drug-likeness (QED) is 0.168. The second kappa shape index (κ2) is 12.9. The molecule has 0 amide bonds. The Hall–Kier alpha value is -7.20. The van der Waals surface area contributed by atoms with E-state index in [1.54, 1.807) is 0 Å². The first-order valence-electron chi connectivity index (χ1n) is 19.8. The Morgan fingerprint density at radius 3 is 1.76 bits per heavy atom. The number of nitrogens with zero attached hydrogens (tertiary/aromatic N) is 1. The van der Waals surface area contributed by atoms with E-state index in [1.807, 2.05) is 23.5 Å². The van der Waals surface area contributed by atoms with Crippen LogP contribution in [-0.4, -0.2) is 0 Å². The summed E-state index contributed by atoms with van der Waals surface area (Å²) in [7, 11) is 0. The number of para-hydroxylation sites is 2. The van der Waals surface area contributed by atoms with Crippen LogP contribution in [0.3, 0.4) is 0 Å². The van der Waals surface area contributed by atoms with Gasteiger partial charge in [-0.05, 0) is 99.1 Å². The van der Waals surface area contributed by atoms with E-state index in [4.69, 9.17) is 4.42 Å². The lowest BCUT2D eigenvalue weighted by Gasteiger charge is -2.34. The van der Waals surface area contributed by atoms with Crippen LogP contribution in [0.4, 0.5) is 17.1 Å². The van der Waals surface area contributed by atoms with E-state index < -0.39 is 5.41 Å². The van der Waals surface area contributed by atoms with Gasteiger partial charge in [0.05, 0.1) is 5.41 Å². The first-order valence-corrected chi connectivity index (χ1v) is 20.6. The predicted octanol–water partition coefficient (Wildman–Crippen LogP) is 15.5. The van der Waals surface area contributed by atoms with Crippen molar-refractivity contribution in [3.8, 4) is 22.3 Å². The summed E-state index contributed by atoms with van der Waals surface area (Å²) in [5.74, 6) is 0. The number of fused-ring (bicyclic) bond motifs is 9. The van der Waals surface area contributed by atoms with Crippen molar-refractivity contribution in [1.82, 2.24) is 0 Å². The normalized spacial score (nSPS) is 13.0. The van der Waals surface area contributed by atoms with Crippen molar-refractivity contribution in [2.24, 2.45) is 0 Å². The van der Waals surface area contributed by atoms with E-state index in [0.717, 1.165) is 39.0 Å². The maximum absolute atomic E-state index is 6.33. The number of furan rings is 1. The molecule has 9 aromatic carbocycles. The fraction of sp³-hybridized carbons (Fsp3) is 0.0182. The Bertz CT molecular complexity index is 3300. The molecule has 0 unspecified atom stereocenters. The number of hydrogen-bond acceptors (Lipinski definition) is 3. The van der Waals surface area contributed by atoms with Crippen LogP contribution in [0.2, 0.25) is 0 Å². The van der Waals surface area contributed by atoms with Gasteiger partial charge >= 0.3 is 0 Å². The molecule has 0 atom stereocenters. The van der Waals surface area contributed by atoms with Gasteiger partial charge in [-0.3, -0.25) is 0 Å². The summed E-state index contributed by atoms with van der Waals surface area (Å²) in [6.07, 6.45) is 0. The predicted molar refractivity (Wildman–Crippen MR) is 244 cm³/mol. The highest BCUT2D eigenvalue weighted by atomic mass is 32.1. The Kier molecular flexibility index (Phi) is 7.35. The first-order chi connectivity index (χ1) is 28.8. The SMILES string of the molecule is c1ccc(N(c2ccc(-c3cccc4c3sc3ccc(C5(c6ccccc6)c6ccccc6-c6ccccc65)cc34)cc2)c2ccc3c(c2)oc2ccccc23)cc1. The van der Waals surface area contributed by atoms with Gasteiger partial charge in [0.25, 0.3) is 0 Å². The summed E-state index contributed by atoms with van der Waals surface area (Å²) in [6, 6.07) is 77.4. The van der Waals surface area contributed by atoms with Crippen molar-refractivity contribution in [3.63, 3.8) is 0 Å². The Morgan fingerprint density at radius 2 is 0.983 bits per heavy atom. The first kappa shape index (κ1) is 33.0. The summed E-state index contributed by atoms with van der Waals surface area (Å²) in [6.45, 7) is 0. The third kappa shape index (κ3) is 4.84. The monoisotopic (exact) mass is 757 g/mol. The Morgan fingerprint density at radius 1 is 0.379 bits per heavy atom. The number of anilines is 3. The van der Waals surface area contributed by atoms with Crippen LogP contribution >= 0.6 is 11.3 Å². The van der Waals surface area contributed by atoms with E-state index >= 15 is 0 Å². The van der Waals surface area contributed by atoms with Gasteiger partial charge in [0, 0.05) is 54.1 Å². The largest absolute Gasteiger partial charge is 0.456 e. The standard InChI is InChI=1S/C55H35NOS/c1-3-14-37(15-4-1)55(49-23-10-7-18-43(49)44-19-8-11-24-50(44)55)38-28-33-53-48(34-38)47-22-13-21-42(54(47)58-53)36-26-29-40(30-27-36)56(39-16-5-2-6-17-39)41-31-32-46-45-20-9-12-25-51(45)57-52(46)35-41/h1-35H. The van der Waals surface area contributed by atoms with Crippen molar-refractivity contribution in [2.75, 3.05) is 4.90 Å². The zero-order valence-electron chi connectivity index (χ0n) is 31.5. The molecule has 1 aliphatic rings. The van der Waals surface area contributed by atoms with Crippen molar-refractivity contribution >= 4 is 70.5 Å². The summed E-state index contributed by atoms with van der Waals surface area (Å²) in [5, 5.41) is 4.84. The second-order valence-corrected chi connectivity index (χ2v) is 16.3. The highest BCUT2D eigenvalue weighted by Crippen LogP contribution is 2.57. The minimum absolute atomic E-state index is 0.427. The summed E-state index contributed by atoms with van der Waals surface area (Å²) >= 11 is 1.89. The topological polar surface area (TPSA) is 16.4 Å². The summed E-state index contributed by atoms with van der Waals surface area (Å²) in [5.41, 5.74) is 14.9. The molecular formula is C55H35NOS. The second-order valence-electron chi connectivity index (χ2n) is 15.2. The Labute approximate surface area is 340 Å². The smallest absolute Gasteiger partial charge is 0.137 e. The highest BCUT2D eigenvalue weighted by Gasteiger charge is 2.46. The maximum atomic E-state index is 6.33. The molecule has 0 fully saturated rings. The lowest BCUT2D eigenvalue weighted by atomic mass is 9.67. The van der Waals surface area contributed by atoms with Crippen LogP contribution in [0.1, 0.15) is 22.3 Å². The van der Waals surface area contributed by atoms with Crippen LogP contribution < -0.4 is 4.90 Å². The van der Waals surface area contributed by atoms with Crippen LogP contribution in [0, 0.1) is 0 Å². The van der Waals surface area contributed by atoms with Crippen LogP contribution in [0.25, 0.3) is 64.4 Å². The third-order valence-corrected chi connectivity index (χ3v) is 13.4. The van der Waals surface area contributed by atoms with Crippen LogP contribution in [0.15, 0.2) is 217 Å². The molecule has 11 aromatic rings. The zero-order chi connectivity index (χ0) is 38.2. The minimum atomic E-state index is -0.427. The lowest BCUT2D eigenvalue weighted by molar-refractivity contribution is 0.669. The van der Waals surface area contributed by atoms with E-state index in [1.165, 1.54) is 64.7 Å². The van der Waals surface area contributed by atoms with E-state index in [0.29, 0.717) is 0 Å². The average molecular weight is 758 g/mol. The van der Waals surface area contributed by atoms with Crippen molar-refractivity contribution < 1.29 is 4.42 Å². The molecule has 12 rings (SSSR count). The van der Waals surface area contributed by atoms with Gasteiger partial charge in [-0.2, -0.15) is 0 Å². The van der Waals surface area contributed by atoms with Gasteiger partial charge in [0.2, 0.25) is 0 Å². The van der Waals surface area contributed by atoms with Gasteiger partial charge in [-0.15, -0.1) is 11.3 Å². The molecule has 58 heavy (non-hydrogen) atoms. The van der Waals surface area contributed by atoms with Crippen molar-refractivity contribution in [2.45, 2.75) is 5.41 Å². The summed E-state index contributed by atoms with van der Waals surface area (Å²) < 4.78 is 8.93. The molecule has 1 aliphatic carbocycles.